The lowest BCUT2D eigenvalue weighted by molar-refractivity contribution is 0.0351. The van der Waals surface area contributed by atoms with Gasteiger partial charge in [-0.25, -0.2) is 0 Å². The number of hydrogen-bond donors (Lipinski definition) is 1. The second-order valence-electron chi connectivity index (χ2n) is 4.61. The number of rotatable bonds is 1. The molecule has 3 heteroatoms. The fraction of sp³-hybridized carbons (Fsp3) is 0.462. The molecule has 3 nitrogen and oxygen atoms in total. The van der Waals surface area contributed by atoms with Crippen LogP contribution in [0.15, 0.2) is 24.3 Å². The van der Waals surface area contributed by atoms with Crippen LogP contribution in [0.2, 0.25) is 0 Å². The summed E-state index contributed by atoms with van der Waals surface area (Å²) in [5.41, 5.74) is 1.16. The molecule has 1 aliphatic rings. The van der Waals surface area contributed by atoms with E-state index in [9.17, 15) is 5.11 Å². The first-order valence-electron chi connectivity index (χ1n) is 5.59. The molecular weight excluding hydrogens is 200 g/mol. The second-order valence-corrected chi connectivity index (χ2v) is 4.61. The Balaban J connectivity index is 2.18. The molecule has 1 saturated heterocycles. The van der Waals surface area contributed by atoms with Crippen LogP contribution in [0, 0.1) is 11.3 Å². The molecule has 0 saturated carbocycles. The molecule has 1 heterocycles. The van der Waals surface area contributed by atoms with Gasteiger partial charge < -0.3 is 10.0 Å². The van der Waals surface area contributed by atoms with Crippen LogP contribution in [-0.2, 0) is 0 Å². The zero-order valence-corrected chi connectivity index (χ0v) is 9.48. The van der Waals surface area contributed by atoms with Crippen molar-refractivity contribution in [2.45, 2.75) is 25.4 Å². The number of benzene rings is 1. The molecule has 0 unspecified atom stereocenters. The Morgan fingerprint density at radius 2 is 1.94 bits per heavy atom. The third kappa shape index (κ3) is 2.17. The van der Waals surface area contributed by atoms with Gasteiger partial charge in [0.05, 0.1) is 16.9 Å². The van der Waals surface area contributed by atoms with E-state index in [0.717, 1.165) is 31.6 Å². The first kappa shape index (κ1) is 11.0. The lowest BCUT2D eigenvalue weighted by Crippen LogP contribution is -2.42. The van der Waals surface area contributed by atoms with Crippen LogP contribution in [0.3, 0.4) is 0 Å². The van der Waals surface area contributed by atoms with Crippen molar-refractivity contribution >= 4 is 5.69 Å². The maximum absolute atomic E-state index is 9.87. The highest BCUT2D eigenvalue weighted by molar-refractivity contribution is 5.59. The maximum Gasteiger partial charge on any atom is 0.101 e. The number of nitrogens with zero attached hydrogens (tertiary/aromatic N) is 2. The predicted octanol–water partition coefficient (Wildman–Crippen LogP) is 1.91. The molecule has 84 valence electrons. The van der Waals surface area contributed by atoms with Crippen LogP contribution >= 0.6 is 0 Å². The van der Waals surface area contributed by atoms with Gasteiger partial charge in [0.1, 0.15) is 6.07 Å². The summed E-state index contributed by atoms with van der Waals surface area (Å²) in [5.74, 6) is 0. The zero-order valence-electron chi connectivity index (χ0n) is 9.48. The highest BCUT2D eigenvalue weighted by Gasteiger charge is 2.27. The fourth-order valence-electron chi connectivity index (χ4n) is 2.07. The van der Waals surface area contributed by atoms with Gasteiger partial charge in [0.2, 0.25) is 0 Å². The summed E-state index contributed by atoms with van der Waals surface area (Å²) in [4.78, 5) is 2.18. The van der Waals surface area contributed by atoms with Crippen molar-refractivity contribution in [3.8, 4) is 6.07 Å². The van der Waals surface area contributed by atoms with Gasteiger partial charge in [0, 0.05) is 13.1 Å². The van der Waals surface area contributed by atoms with E-state index < -0.39 is 5.60 Å². The van der Waals surface area contributed by atoms with Crippen molar-refractivity contribution in [3.05, 3.63) is 29.8 Å². The molecule has 16 heavy (non-hydrogen) atoms. The molecule has 1 N–H and O–H groups in total. The van der Waals surface area contributed by atoms with Gasteiger partial charge in [-0.2, -0.15) is 5.26 Å². The highest BCUT2D eigenvalue weighted by atomic mass is 16.3. The third-order valence-corrected chi connectivity index (χ3v) is 3.21. The number of aliphatic hydroxyl groups is 1. The van der Waals surface area contributed by atoms with E-state index in [-0.39, 0.29) is 0 Å². The molecule has 2 rings (SSSR count). The van der Waals surface area contributed by atoms with Crippen LogP contribution in [0.1, 0.15) is 25.3 Å². The smallest absolute Gasteiger partial charge is 0.101 e. The number of piperidine rings is 1. The minimum absolute atomic E-state index is 0.544. The van der Waals surface area contributed by atoms with E-state index in [1.807, 2.05) is 31.2 Å². The first-order valence-corrected chi connectivity index (χ1v) is 5.59. The first-order chi connectivity index (χ1) is 7.62. The number of para-hydroxylation sites is 1. The molecule has 1 aromatic carbocycles. The van der Waals surface area contributed by atoms with Crippen LogP contribution in [-0.4, -0.2) is 23.8 Å². The van der Waals surface area contributed by atoms with Crippen molar-refractivity contribution < 1.29 is 5.11 Å². The van der Waals surface area contributed by atoms with Crippen molar-refractivity contribution in [1.82, 2.24) is 0 Å². The van der Waals surface area contributed by atoms with Crippen molar-refractivity contribution in [2.75, 3.05) is 18.0 Å². The van der Waals surface area contributed by atoms with E-state index in [4.69, 9.17) is 5.26 Å². The van der Waals surface area contributed by atoms with Crippen molar-refractivity contribution in [1.29, 1.82) is 5.26 Å². The quantitative estimate of drug-likeness (QED) is 0.780. The molecule has 1 aromatic rings. The second kappa shape index (κ2) is 4.15. The fourth-order valence-corrected chi connectivity index (χ4v) is 2.07. The molecular formula is C13H16N2O. The molecule has 0 spiro atoms. The SMILES string of the molecule is CC1(O)CCN(c2ccccc2C#N)CC1. The van der Waals surface area contributed by atoms with Crippen molar-refractivity contribution in [2.24, 2.45) is 0 Å². The van der Waals surface area contributed by atoms with Crippen LogP contribution < -0.4 is 4.90 Å². The summed E-state index contributed by atoms with van der Waals surface area (Å²) < 4.78 is 0. The van der Waals surface area contributed by atoms with Gasteiger partial charge >= 0.3 is 0 Å². The van der Waals surface area contributed by atoms with Gasteiger partial charge in [0.15, 0.2) is 0 Å². The highest BCUT2D eigenvalue weighted by Crippen LogP contribution is 2.27. The van der Waals surface area contributed by atoms with E-state index in [1.54, 1.807) is 0 Å². The van der Waals surface area contributed by atoms with Crippen LogP contribution in [0.4, 0.5) is 5.69 Å². The van der Waals surface area contributed by atoms with Gasteiger partial charge in [-0.1, -0.05) is 12.1 Å². The van der Waals surface area contributed by atoms with Crippen LogP contribution in [0.5, 0.6) is 0 Å². The van der Waals surface area contributed by atoms with E-state index in [2.05, 4.69) is 11.0 Å². The van der Waals surface area contributed by atoms with E-state index in [0.29, 0.717) is 5.56 Å². The Morgan fingerprint density at radius 1 is 1.31 bits per heavy atom. The molecule has 0 radical (unpaired) electrons. The maximum atomic E-state index is 9.87. The Kier molecular flexibility index (Phi) is 2.84. The normalized spacial score (nSPS) is 19.2. The summed E-state index contributed by atoms with van der Waals surface area (Å²) in [6, 6.07) is 9.84. The van der Waals surface area contributed by atoms with Gasteiger partial charge in [-0.3, -0.25) is 0 Å². The Bertz CT molecular complexity index is 410. The summed E-state index contributed by atoms with van der Waals surface area (Å²) >= 11 is 0. The topological polar surface area (TPSA) is 47.3 Å². The standard InChI is InChI=1S/C13H16N2O/c1-13(16)6-8-15(9-7-13)12-5-3-2-4-11(12)10-14/h2-5,16H,6-9H2,1H3. The lowest BCUT2D eigenvalue weighted by atomic mass is 9.93. The summed E-state index contributed by atoms with van der Waals surface area (Å²) in [7, 11) is 0. The summed E-state index contributed by atoms with van der Waals surface area (Å²) in [6.07, 6.45) is 1.51. The van der Waals surface area contributed by atoms with Gasteiger partial charge in [-0.15, -0.1) is 0 Å². The van der Waals surface area contributed by atoms with Gasteiger partial charge in [0.25, 0.3) is 0 Å². The average molecular weight is 216 g/mol. The lowest BCUT2D eigenvalue weighted by Gasteiger charge is -2.37. The minimum Gasteiger partial charge on any atom is -0.390 e. The van der Waals surface area contributed by atoms with Crippen LogP contribution in [0.25, 0.3) is 0 Å². The van der Waals surface area contributed by atoms with Crippen molar-refractivity contribution in [3.63, 3.8) is 0 Å². The van der Waals surface area contributed by atoms with Gasteiger partial charge in [-0.05, 0) is 31.9 Å². The number of anilines is 1. The predicted molar refractivity (Wildman–Crippen MR) is 63.2 cm³/mol. The number of nitriles is 1. The minimum atomic E-state index is -0.544. The zero-order chi connectivity index (χ0) is 11.6. The molecule has 0 bridgehead atoms. The summed E-state index contributed by atoms with van der Waals surface area (Å²) in [6.45, 7) is 3.50. The monoisotopic (exact) mass is 216 g/mol. The van der Waals surface area contributed by atoms with E-state index >= 15 is 0 Å². The molecule has 0 atom stereocenters. The van der Waals surface area contributed by atoms with E-state index in [1.165, 1.54) is 0 Å². The number of hydrogen-bond acceptors (Lipinski definition) is 3. The average Bonchev–Trinajstić information content (AvgIpc) is 2.29. The Morgan fingerprint density at radius 3 is 2.56 bits per heavy atom. The largest absolute Gasteiger partial charge is 0.390 e. The molecule has 1 fully saturated rings. The molecule has 1 aliphatic heterocycles. The molecule has 0 aliphatic carbocycles. The molecule has 0 aromatic heterocycles. The molecule has 0 amide bonds. The Labute approximate surface area is 95.9 Å². The third-order valence-electron chi connectivity index (χ3n) is 3.21. The summed E-state index contributed by atoms with van der Waals surface area (Å²) in [5, 5.41) is 18.9. The Hall–Kier alpha value is -1.53.